The average molecular weight is 276 g/mol. The van der Waals surface area contributed by atoms with Gasteiger partial charge in [-0.1, -0.05) is 30.1 Å². The molecule has 0 aliphatic heterocycles. The number of ether oxygens (including phenoxy) is 1. The largest absolute Gasteiger partial charge is 0.494 e. The van der Waals surface area contributed by atoms with Crippen molar-refractivity contribution in [1.29, 1.82) is 0 Å². The lowest BCUT2D eigenvalue weighted by Crippen LogP contribution is -2.04. The molecule has 0 aromatic heterocycles. The highest BCUT2D eigenvalue weighted by Gasteiger charge is 2.14. The fourth-order valence-corrected chi connectivity index (χ4v) is 2.64. The van der Waals surface area contributed by atoms with Gasteiger partial charge >= 0.3 is 0 Å². The van der Waals surface area contributed by atoms with Crippen LogP contribution in [0.2, 0.25) is 10.0 Å². The average Bonchev–Trinajstić information content (AvgIpc) is 2.30. The van der Waals surface area contributed by atoms with Gasteiger partial charge in [-0.2, -0.15) is 0 Å². The summed E-state index contributed by atoms with van der Waals surface area (Å²) < 4.78 is 5.14. The highest BCUT2D eigenvalue weighted by atomic mass is 35.5. The summed E-state index contributed by atoms with van der Waals surface area (Å²) in [6, 6.07) is 3.88. The maximum Gasteiger partial charge on any atom is 0.156 e. The summed E-state index contributed by atoms with van der Waals surface area (Å²) in [6.07, 6.45) is 3.13. The standard InChI is InChI=1S/C13H19Cl2NO/c1-3-9(5-4-6-16)10-7-11(14)13(17-2)12(15)8-10/h7-9H,3-6,16H2,1-2H3. The molecule has 0 aliphatic carbocycles. The Morgan fingerprint density at radius 2 is 1.88 bits per heavy atom. The van der Waals surface area contributed by atoms with Crippen LogP contribution >= 0.6 is 23.2 Å². The van der Waals surface area contributed by atoms with Crippen molar-refractivity contribution in [2.75, 3.05) is 13.7 Å². The van der Waals surface area contributed by atoms with Crippen LogP contribution in [-0.4, -0.2) is 13.7 Å². The molecule has 17 heavy (non-hydrogen) atoms. The Bertz CT molecular complexity index is 345. The van der Waals surface area contributed by atoms with Crippen molar-refractivity contribution in [2.45, 2.75) is 32.1 Å². The molecular weight excluding hydrogens is 257 g/mol. The minimum absolute atomic E-state index is 0.458. The Morgan fingerprint density at radius 3 is 2.29 bits per heavy atom. The molecule has 0 heterocycles. The van der Waals surface area contributed by atoms with E-state index in [1.54, 1.807) is 7.11 Å². The van der Waals surface area contributed by atoms with Gasteiger partial charge < -0.3 is 10.5 Å². The smallest absolute Gasteiger partial charge is 0.156 e. The molecule has 1 atom stereocenters. The molecular formula is C13H19Cl2NO. The maximum absolute atomic E-state index is 6.14. The van der Waals surface area contributed by atoms with Crippen LogP contribution in [0.1, 0.15) is 37.7 Å². The summed E-state index contributed by atoms with van der Waals surface area (Å²) in [5, 5.41) is 1.14. The second-order valence-electron chi connectivity index (χ2n) is 4.05. The van der Waals surface area contributed by atoms with Crippen molar-refractivity contribution >= 4 is 23.2 Å². The lowest BCUT2D eigenvalue weighted by Gasteiger charge is -2.17. The van der Waals surface area contributed by atoms with Crippen molar-refractivity contribution in [3.63, 3.8) is 0 Å². The third kappa shape index (κ3) is 3.77. The first-order chi connectivity index (χ1) is 8.13. The van der Waals surface area contributed by atoms with E-state index in [1.807, 2.05) is 12.1 Å². The van der Waals surface area contributed by atoms with E-state index in [2.05, 4.69) is 6.92 Å². The molecule has 0 radical (unpaired) electrons. The van der Waals surface area contributed by atoms with Gasteiger partial charge in [0.25, 0.3) is 0 Å². The van der Waals surface area contributed by atoms with E-state index in [1.165, 1.54) is 0 Å². The van der Waals surface area contributed by atoms with Crippen molar-refractivity contribution < 1.29 is 4.74 Å². The summed E-state index contributed by atoms with van der Waals surface area (Å²) in [5.74, 6) is 1.00. The van der Waals surface area contributed by atoms with Gasteiger partial charge in [-0.3, -0.25) is 0 Å². The van der Waals surface area contributed by atoms with E-state index >= 15 is 0 Å². The summed E-state index contributed by atoms with van der Waals surface area (Å²) >= 11 is 12.3. The molecule has 1 aromatic rings. The normalized spacial score (nSPS) is 12.5. The highest BCUT2D eigenvalue weighted by Crippen LogP contribution is 2.37. The summed E-state index contributed by atoms with van der Waals surface area (Å²) in [4.78, 5) is 0. The highest BCUT2D eigenvalue weighted by molar-refractivity contribution is 6.37. The first kappa shape index (κ1) is 14.6. The summed E-state index contributed by atoms with van der Waals surface area (Å²) in [5.41, 5.74) is 6.71. The Morgan fingerprint density at radius 1 is 1.29 bits per heavy atom. The summed E-state index contributed by atoms with van der Waals surface area (Å²) in [7, 11) is 1.57. The number of methoxy groups -OCH3 is 1. The van der Waals surface area contributed by atoms with Crippen LogP contribution in [0.25, 0.3) is 0 Å². The number of hydrogen-bond donors (Lipinski definition) is 1. The molecule has 96 valence electrons. The molecule has 2 N–H and O–H groups in total. The van der Waals surface area contributed by atoms with Gasteiger partial charge in [0, 0.05) is 0 Å². The van der Waals surface area contributed by atoms with Crippen LogP contribution in [0.15, 0.2) is 12.1 Å². The van der Waals surface area contributed by atoms with Crippen molar-refractivity contribution in [3.8, 4) is 5.75 Å². The Balaban J connectivity index is 2.96. The van der Waals surface area contributed by atoms with Crippen molar-refractivity contribution in [2.24, 2.45) is 5.73 Å². The first-order valence-corrected chi connectivity index (χ1v) is 6.62. The molecule has 0 fully saturated rings. The van der Waals surface area contributed by atoms with Gasteiger partial charge in [0.05, 0.1) is 17.2 Å². The molecule has 1 aromatic carbocycles. The minimum atomic E-state index is 0.458. The van der Waals surface area contributed by atoms with Gasteiger partial charge in [-0.15, -0.1) is 0 Å². The molecule has 0 bridgehead atoms. The van der Waals surface area contributed by atoms with Crippen LogP contribution in [-0.2, 0) is 0 Å². The van der Waals surface area contributed by atoms with Crippen LogP contribution in [0.5, 0.6) is 5.75 Å². The molecule has 1 unspecified atom stereocenters. The zero-order chi connectivity index (χ0) is 12.8. The Hall–Kier alpha value is -0.440. The molecule has 2 nitrogen and oxygen atoms in total. The molecule has 0 amide bonds. The van der Waals surface area contributed by atoms with Crippen molar-refractivity contribution in [3.05, 3.63) is 27.7 Å². The number of benzene rings is 1. The molecule has 0 saturated heterocycles. The second-order valence-corrected chi connectivity index (χ2v) is 4.87. The Kier molecular flexibility index (Phi) is 6.10. The van der Waals surface area contributed by atoms with Gasteiger partial charge in [0.15, 0.2) is 5.75 Å². The zero-order valence-corrected chi connectivity index (χ0v) is 11.8. The maximum atomic E-state index is 6.14. The van der Waals surface area contributed by atoms with E-state index < -0.39 is 0 Å². The predicted molar refractivity (Wildman–Crippen MR) is 74.3 cm³/mol. The second kappa shape index (κ2) is 7.10. The third-order valence-electron chi connectivity index (χ3n) is 2.95. The van der Waals surface area contributed by atoms with Crippen molar-refractivity contribution in [1.82, 2.24) is 0 Å². The van der Waals surface area contributed by atoms with E-state index in [-0.39, 0.29) is 0 Å². The first-order valence-electron chi connectivity index (χ1n) is 5.87. The van der Waals surface area contributed by atoms with Crippen LogP contribution in [0.3, 0.4) is 0 Å². The fourth-order valence-electron chi connectivity index (χ4n) is 1.98. The lowest BCUT2D eigenvalue weighted by atomic mass is 9.92. The minimum Gasteiger partial charge on any atom is -0.494 e. The van der Waals surface area contributed by atoms with E-state index in [0.29, 0.717) is 28.3 Å². The zero-order valence-electron chi connectivity index (χ0n) is 10.3. The number of nitrogens with two attached hydrogens (primary N) is 1. The predicted octanol–water partition coefficient (Wildman–Crippen LogP) is 4.23. The summed E-state index contributed by atoms with van der Waals surface area (Å²) in [6.45, 7) is 2.88. The molecule has 4 heteroatoms. The molecule has 0 spiro atoms. The number of hydrogen-bond acceptors (Lipinski definition) is 2. The van der Waals surface area contributed by atoms with E-state index in [4.69, 9.17) is 33.7 Å². The fraction of sp³-hybridized carbons (Fsp3) is 0.538. The molecule has 0 aliphatic rings. The number of halogens is 2. The molecule has 0 saturated carbocycles. The third-order valence-corrected chi connectivity index (χ3v) is 3.51. The molecule has 1 rings (SSSR count). The SMILES string of the molecule is CCC(CCCN)c1cc(Cl)c(OC)c(Cl)c1. The quantitative estimate of drug-likeness (QED) is 0.843. The van der Waals surface area contributed by atoms with Gasteiger partial charge in [-0.25, -0.2) is 0 Å². The van der Waals surface area contributed by atoms with E-state index in [0.717, 1.165) is 24.8 Å². The van der Waals surface area contributed by atoms with Crippen LogP contribution < -0.4 is 10.5 Å². The van der Waals surface area contributed by atoms with Crippen LogP contribution in [0.4, 0.5) is 0 Å². The lowest BCUT2D eigenvalue weighted by molar-refractivity contribution is 0.415. The van der Waals surface area contributed by atoms with Crippen LogP contribution in [0, 0.1) is 0 Å². The number of rotatable bonds is 6. The van der Waals surface area contributed by atoms with Gasteiger partial charge in [-0.05, 0) is 49.4 Å². The van der Waals surface area contributed by atoms with Gasteiger partial charge in [0.2, 0.25) is 0 Å². The monoisotopic (exact) mass is 275 g/mol. The topological polar surface area (TPSA) is 35.2 Å². The van der Waals surface area contributed by atoms with E-state index in [9.17, 15) is 0 Å². The van der Waals surface area contributed by atoms with Gasteiger partial charge in [0.1, 0.15) is 0 Å². The Labute approximate surface area is 113 Å².